The average Bonchev–Trinajstić information content (AvgIpc) is 1.65. The molecule has 1 N–H and O–H groups in total. The van der Waals surface area contributed by atoms with Crippen LogP contribution in [0.4, 0.5) is 0 Å². The van der Waals surface area contributed by atoms with E-state index in [9.17, 15) is 0 Å². The molecule has 0 unspecified atom stereocenters. The second-order valence-electron chi connectivity index (χ2n) is 1.72. The summed E-state index contributed by atoms with van der Waals surface area (Å²) >= 11 is 5.25. The topological polar surface area (TPSA) is 33.1 Å². The van der Waals surface area contributed by atoms with Crippen molar-refractivity contribution >= 4 is 17.5 Å². The van der Waals surface area contributed by atoms with Crippen LogP contribution in [0, 0.1) is 5.41 Å². The molecule has 0 rings (SSSR count). The van der Waals surface area contributed by atoms with Crippen molar-refractivity contribution in [3.05, 3.63) is 0 Å². The maximum Gasteiger partial charge on any atom is 0.195 e. The molecular formula is C5H10ClNO. The Morgan fingerprint density at radius 1 is 1.75 bits per heavy atom. The minimum absolute atomic E-state index is 0.0706. The summed E-state index contributed by atoms with van der Waals surface area (Å²) < 4.78 is 4.85. The summed E-state index contributed by atoms with van der Waals surface area (Å²) in [5, 5.41) is 6.91. The van der Waals surface area contributed by atoms with E-state index in [4.69, 9.17) is 21.7 Å². The van der Waals surface area contributed by atoms with E-state index in [-0.39, 0.29) is 17.9 Å². The van der Waals surface area contributed by atoms with Crippen LogP contribution in [0.1, 0.15) is 13.8 Å². The highest BCUT2D eigenvalue weighted by Crippen LogP contribution is 1.90. The van der Waals surface area contributed by atoms with E-state index in [0.717, 1.165) is 0 Å². The number of alkyl halides is 1. The maximum absolute atomic E-state index is 6.91. The molecule has 0 atom stereocenters. The number of halogens is 1. The molecule has 0 saturated heterocycles. The van der Waals surface area contributed by atoms with E-state index < -0.39 is 0 Å². The van der Waals surface area contributed by atoms with Crippen LogP contribution in [0.15, 0.2) is 0 Å². The molecule has 0 fully saturated rings. The highest BCUT2D eigenvalue weighted by molar-refractivity contribution is 6.26. The molecule has 0 heterocycles. The molecule has 0 saturated carbocycles. The third-order valence-corrected chi connectivity index (χ3v) is 0.742. The third-order valence-electron chi connectivity index (χ3n) is 0.499. The molecule has 0 radical (unpaired) electrons. The minimum Gasteiger partial charge on any atom is -0.478 e. The zero-order valence-corrected chi connectivity index (χ0v) is 5.83. The van der Waals surface area contributed by atoms with Crippen molar-refractivity contribution in [2.45, 2.75) is 20.0 Å². The Labute approximate surface area is 54.3 Å². The van der Waals surface area contributed by atoms with Gasteiger partial charge < -0.3 is 4.74 Å². The molecule has 0 aliphatic heterocycles. The van der Waals surface area contributed by atoms with Crippen LogP contribution in [-0.2, 0) is 4.74 Å². The summed E-state index contributed by atoms with van der Waals surface area (Å²) in [7, 11) is 0. The fourth-order valence-electron chi connectivity index (χ4n) is 0.316. The average molecular weight is 136 g/mol. The molecular weight excluding hydrogens is 126 g/mol. The predicted octanol–water partition coefficient (Wildman–Crippen LogP) is 1.63. The summed E-state index contributed by atoms with van der Waals surface area (Å²) in [6.45, 7) is 3.72. The van der Waals surface area contributed by atoms with Gasteiger partial charge in [-0.05, 0) is 13.8 Å². The summed E-state index contributed by atoms with van der Waals surface area (Å²) in [4.78, 5) is 0. The second kappa shape index (κ2) is 3.72. The summed E-state index contributed by atoms with van der Waals surface area (Å²) in [5.74, 6) is 0.305. The van der Waals surface area contributed by atoms with Gasteiger partial charge in [0.05, 0.1) is 12.0 Å². The number of rotatable bonds is 2. The van der Waals surface area contributed by atoms with Crippen LogP contribution >= 0.6 is 11.6 Å². The van der Waals surface area contributed by atoms with Crippen molar-refractivity contribution in [3.8, 4) is 0 Å². The highest BCUT2D eigenvalue weighted by atomic mass is 35.5. The molecule has 2 nitrogen and oxygen atoms in total. The molecule has 0 aromatic heterocycles. The Kier molecular flexibility index (Phi) is 3.61. The molecule has 0 aromatic rings. The van der Waals surface area contributed by atoms with E-state index >= 15 is 0 Å². The lowest BCUT2D eigenvalue weighted by Gasteiger charge is -2.06. The molecule has 3 heteroatoms. The summed E-state index contributed by atoms with van der Waals surface area (Å²) in [6.07, 6.45) is 0.0706. The van der Waals surface area contributed by atoms with Gasteiger partial charge in [0.1, 0.15) is 0 Å². The number of ether oxygens (including phenoxy) is 1. The fourth-order valence-corrected chi connectivity index (χ4v) is 0.379. The van der Waals surface area contributed by atoms with Gasteiger partial charge in [-0.25, -0.2) is 0 Å². The summed E-state index contributed by atoms with van der Waals surface area (Å²) in [6, 6.07) is 0. The van der Waals surface area contributed by atoms with Gasteiger partial charge in [-0.3, -0.25) is 5.41 Å². The van der Waals surface area contributed by atoms with Crippen LogP contribution in [0.2, 0.25) is 0 Å². The Hall–Kier alpha value is -0.240. The monoisotopic (exact) mass is 135 g/mol. The Balaban J connectivity index is 3.25. The zero-order valence-electron chi connectivity index (χ0n) is 5.07. The van der Waals surface area contributed by atoms with E-state index in [1.165, 1.54) is 0 Å². The van der Waals surface area contributed by atoms with Crippen molar-refractivity contribution in [2.24, 2.45) is 0 Å². The Morgan fingerprint density at radius 3 is 2.38 bits per heavy atom. The molecule has 0 aliphatic rings. The van der Waals surface area contributed by atoms with Gasteiger partial charge >= 0.3 is 0 Å². The molecule has 8 heavy (non-hydrogen) atoms. The standard InChI is InChI=1S/C5H10ClNO/c1-4(2)8-5(7)3-6/h4,7H,3H2,1-2H3. The molecule has 0 bridgehead atoms. The van der Waals surface area contributed by atoms with Gasteiger partial charge in [-0.2, -0.15) is 0 Å². The lowest BCUT2D eigenvalue weighted by Crippen LogP contribution is -2.11. The van der Waals surface area contributed by atoms with E-state index in [2.05, 4.69) is 0 Å². The van der Waals surface area contributed by atoms with Crippen molar-refractivity contribution in [3.63, 3.8) is 0 Å². The Morgan fingerprint density at radius 2 is 2.25 bits per heavy atom. The van der Waals surface area contributed by atoms with E-state index in [1.54, 1.807) is 0 Å². The van der Waals surface area contributed by atoms with Crippen LogP contribution in [0.5, 0.6) is 0 Å². The first-order valence-electron chi connectivity index (χ1n) is 2.47. The van der Waals surface area contributed by atoms with Crippen LogP contribution in [-0.4, -0.2) is 17.9 Å². The van der Waals surface area contributed by atoms with Gasteiger partial charge in [-0.1, -0.05) is 0 Å². The number of hydrogen-bond acceptors (Lipinski definition) is 2. The van der Waals surface area contributed by atoms with Crippen molar-refractivity contribution in [1.82, 2.24) is 0 Å². The smallest absolute Gasteiger partial charge is 0.195 e. The molecule has 0 spiro atoms. The predicted molar refractivity (Wildman–Crippen MR) is 34.7 cm³/mol. The lowest BCUT2D eigenvalue weighted by molar-refractivity contribution is 0.225. The quantitative estimate of drug-likeness (QED) is 0.349. The first-order valence-corrected chi connectivity index (χ1v) is 3.00. The van der Waals surface area contributed by atoms with Gasteiger partial charge in [0.25, 0.3) is 0 Å². The normalized spacial score (nSPS) is 9.50. The number of nitrogens with one attached hydrogen (secondary N) is 1. The van der Waals surface area contributed by atoms with Crippen molar-refractivity contribution in [1.29, 1.82) is 5.41 Å². The summed E-state index contributed by atoms with van der Waals surface area (Å²) in [5.41, 5.74) is 0. The van der Waals surface area contributed by atoms with E-state index in [0.29, 0.717) is 0 Å². The van der Waals surface area contributed by atoms with Crippen molar-refractivity contribution < 1.29 is 4.74 Å². The zero-order chi connectivity index (χ0) is 6.57. The highest BCUT2D eigenvalue weighted by Gasteiger charge is 1.96. The first kappa shape index (κ1) is 7.76. The lowest BCUT2D eigenvalue weighted by atomic mass is 10.5. The minimum atomic E-state index is 0.0706. The van der Waals surface area contributed by atoms with Gasteiger partial charge in [0, 0.05) is 0 Å². The van der Waals surface area contributed by atoms with Crippen LogP contribution < -0.4 is 0 Å². The maximum atomic E-state index is 6.91. The van der Waals surface area contributed by atoms with Gasteiger partial charge in [0.15, 0.2) is 5.90 Å². The largest absolute Gasteiger partial charge is 0.478 e. The van der Waals surface area contributed by atoms with Crippen LogP contribution in [0.25, 0.3) is 0 Å². The van der Waals surface area contributed by atoms with E-state index in [1.807, 2.05) is 13.8 Å². The Bertz CT molecular complexity index is 82.5. The van der Waals surface area contributed by atoms with Crippen LogP contribution in [0.3, 0.4) is 0 Å². The van der Waals surface area contributed by atoms with Gasteiger partial charge in [0.2, 0.25) is 0 Å². The van der Waals surface area contributed by atoms with Crippen molar-refractivity contribution in [2.75, 3.05) is 5.88 Å². The molecule has 48 valence electrons. The second-order valence-corrected chi connectivity index (χ2v) is 1.99. The first-order chi connectivity index (χ1) is 3.66. The fraction of sp³-hybridized carbons (Fsp3) is 0.800. The SMILES string of the molecule is CC(C)OC(=N)CCl. The number of hydrogen-bond donors (Lipinski definition) is 1. The third kappa shape index (κ3) is 3.93. The molecule has 0 amide bonds. The molecule has 0 aromatic carbocycles. The molecule has 0 aliphatic carbocycles. The van der Waals surface area contributed by atoms with Gasteiger partial charge in [-0.15, -0.1) is 11.6 Å².